The Morgan fingerprint density at radius 3 is 2.79 bits per heavy atom. The van der Waals surface area contributed by atoms with E-state index < -0.39 is 0 Å². The molecule has 0 aliphatic heterocycles. The first-order valence-electron chi connectivity index (χ1n) is 4.39. The molecular formula is C10H14ClNO2. The molecule has 0 saturated carbocycles. The van der Waals surface area contributed by atoms with E-state index in [0.717, 1.165) is 11.1 Å². The van der Waals surface area contributed by atoms with Gasteiger partial charge in [0.05, 0.1) is 11.6 Å². The van der Waals surface area contributed by atoms with Crippen LogP contribution in [0.15, 0.2) is 12.1 Å². The van der Waals surface area contributed by atoms with Crippen molar-refractivity contribution in [2.75, 3.05) is 13.7 Å². The van der Waals surface area contributed by atoms with Crippen LogP contribution in [0.3, 0.4) is 0 Å². The highest BCUT2D eigenvalue weighted by molar-refractivity contribution is 6.32. The third-order valence-corrected chi connectivity index (χ3v) is 2.33. The summed E-state index contributed by atoms with van der Waals surface area (Å²) in [6.45, 7) is 0.935. The fraction of sp³-hybridized carbons (Fsp3) is 0.400. The first kappa shape index (κ1) is 11.3. The smallest absolute Gasteiger partial charge is 0.137 e. The fourth-order valence-corrected chi connectivity index (χ4v) is 1.54. The van der Waals surface area contributed by atoms with E-state index in [1.165, 1.54) is 0 Å². The number of rotatable bonds is 4. The molecule has 14 heavy (non-hydrogen) atoms. The zero-order valence-electron chi connectivity index (χ0n) is 8.09. The predicted molar refractivity (Wildman–Crippen MR) is 56.6 cm³/mol. The zero-order valence-corrected chi connectivity index (χ0v) is 8.84. The molecule has 0 fully saturated rings. The van der Waals surface area contributed by atoms with Crippen molar-refractivity contribution < 1.29 is 9.84 Å². The topological polar surface area (TPSA) is 55.5 Å². The Labute approximate surface area is 88.4 Å². The number of methoxy groups -OCH3 is 1. The highest BCUT2D eigenvalue weighted by Crippen LogP contribution is 2.30. The van der Waals surface area contributed by atoms with E-state index in [-0.39, 0.29) is 5.75 Å². The number of ether oxygens (including phenoxy) is 1. The molecule has 0 unspecified atom stereocenters. The molecule has 0 amide bonds. The van der Waals surface area contributed by atoms with Crippen molar-refractivity contribution in [1.82, 2.24) is 0 Å². The van der Waals surface area contributed by atoms with E-state index >= 15 is 0 Å². The molecule has 0 heterocycles. The first-order valence-corrected chi connectivity index (χ1v) is 4.76. The summed E-state index contributed by atoms with van der Waals surface area (Å²) < 4.78 is 5.01. The third kappa shape index (κ3) is 2.38. The normalized spacial score (nSPS) is 10.5. The highest BCUT2D eigenvalue weighted by Gasteiger charge is 2.10. The summed E-state index contributed by atoms with van der Waals surface area (Å²) in [4.78, 5) is 0. The molecule has 0 saturated heterocycles. The second kappa shape index (κ2) is 5.20. The summed E-state index contributed by atoms with van der Waals surface area (Å²) in [6.07, 6.45) is 0.602. The standard InChI is InChI=1S/C10H14ClNO2/c1-14-6-7-2-3-9(11)10(13)8(7)4-5-12/h2-3,13H,4-6,12H2,1H3. The van der Waals surface area contributed by atoms with Gasteiger partial charge in [-0.05, 0) is 24.6 Å². The molecule has 4 heteroatoms. The van der Waals surface area contributed by atoms with E-state index in [2.05, 4.69) is 0 Å². The quantitative estimate of drug-likeness (QED) is 0.804. The minimum absolute atomic E-state index is 0.117. The lowest BCUT2D eigenvalue weighted by Gasteiger charge is -2.11. The Morgan fingerprint density at radius 2 is 2.21 bits per heavy atom. The molecule has 0 atom stereocenters. The molecule has 0 radical (unpaired) electrons. The van der Waals surface area contributed by atoms with E-state index in [1.807, 2.05) is 6.07 Å². The predicted octanol–water partition coefficient (Wildman–Crippen LogP) is 1.69. The van der Waals surface area contributed by atoms with E-state index in [9.17, 15) is 5.11 Å². The van der Waals surface area contributed by atoms with Crippen LogP contribution in [0.5, 0.6) is 5.75 Å². The van der Waals surface area contributed by atoms with E-state index in [0.29, 0.717) is 24.6 Å². The molecule has 1 rings (SSSR count). The summed E-state index contributed by atoms with van der Waals surface area (Å²) in [5.41, 5.74) is 7.16. The number of halogens is 1. The molecule has 1 aromatic carbocycles. The lowest BCUT2D eigenvalue weighted by Crippen LogP contribution is -2.06. The Kier molecular flexibility index (Phi) is 4.20. The second-order valence-electron chi connectivity index (χ2n) is 3.01. The maximum Gasteiger partial charge on any atom is 0.137 e. The minimum Gasteiger partial charge on any atom is -0.506 e. The summed E-state index contributed by atoms with van der Waals surface area (Å²) >= 11 is 5.79. The highest BCUT2D eigenvalue weighted by atomic mass is 35.5. The van der Waals surface area contributed by atoms with Gasteiger partial charge in [-0.1, -0.05) is 17.7 Å². The van der Waals surface area contributed by atoms with Crippen LogP contribution in [-0.4, -0.2) is 18.8 Å². The van der Waals surface area contributed by atoms with Crippen LogP contribution in [0.4, 0.5) is 0 Å². The van der Waals surface area contributed by atoms with Gasteiger partial charge in [0.1, 0.15) is 5.75 Å². The Balaban J connectivity index is 3.08. The van der Waals surface area contributed by atoms with Gasteiger partial charge < -0.3 is 15.6 Å². The Hall–Kier alpha value is -0.770. The monoisotopic (exact) mass is 215 g/mol. The third-order valence-electron chi connectivity index (χ3n) is 2.02. The average Bonchev–Trinajstić information content (AvgIpc) is 2.18. The van der Waals surface area contributed by atoms with Crippen molar-refractivity contribution in [3.05, 3.63) is 28.3 Å². The van der Waals surface area contributed by atoms with Crippen LogP contribution >= 0.6 is 11.6 Å². The largest absolute Gasteiger partial charge is 0.506 e. The molecule has 3 N–H and O–H groups in total. The molecule has 3 nitrogen and oxygen atoms in total. The van der Waals surface area contributed by atoms with Crippen molar-refractivity contribution in [1.29, 1.82) is 0 Å². The molecule has 0 bridgehead atoms. The number of aromatic hydroxyl groups is 1. The van der Waals surface area contributed by atoms with Crippen LogP contribution < -0.4 is 5.73 Å². The van der Waals surface area contributed by atoms with Crippen LogP contribution in [-0.2, 0) is 17.8 Å². The molecular weight excluding hydrogens is 202 g/mol. The average molecular weight is 216 g/mol. The van der Waals surface area contributed by atoms with Crippen LogP contribution in [0.2, 0.25) is 5.02 Å². The van der Waals surface area contributed by atoms with Gasteiger partial charge in [0.2, 0.25) is 0 Å². The number of phenolic OH excluding ortho intramolecular Hbond substituents is 1. The van der Waals surface area contributed by atoms with Gasteiger partial charge in [-0.25, -0.2) is 0 Å². The number of nitrogens with two attached hydrogens (primary N) is 1. The van der Waals surface area contributed by atoms with Gasteiger partial charge in [-0.3, -0.25) is 0 Å². The summed E-state index contributed by atoms with van der Waals surface area (Å²) in [5.74, 6) is 0.117. The number of benzene rings is 1. The maximum atomic E-state index is 9.69. The van der Waals surface area contributed by atoms with Gasteiger partial charge in [0, 0.05) is 12.7 Å². The first-order chi connectivity index (χ1) is 6.70. The van der Waals surface area contributed by atoms with Crippen LogP contribution in [0, 0.1) is 0 Å². The summed E-state index contributed by atoms with van der Waals surface area (Å²) in [7, 11) is 1.61. The van der Waals surface area contributed by atoms with E-state index in [4.69, 9.17) is 22.1 Å². The second-order valence-corrected chi connectivity index (χ2v) is 3.41. The van der Waals surface area contributed by atoms with Crippen molar-refractivity contribution in [2.45, 2.75) is 13.0 Å². The van der Waals surface area contributed by atoms with Crippen molar-refractivity contribution in [3.8, 4) is 5.75 Å². The number of hydrogen-bond donors (Lipinski definition) is 2. The summed E-state index contributed by atoms with van der Waals surface area (Å²) in [6, 6.07) is 3.50. The lowest BCUT2D eigenvalue weighted by atomic mass is 10.0. The SMILES string of the molecule is COCc1ccc(Cl)c(O)c1CCN. The van der Waals surface area contributed by atoms with Gasteiger partial charge in [0.25, 0.3) is 0 Å². The van der Waals surface area contributed by atoms with Crippen molar-refractivity contribution in [3.63, 3.8) is 0 Å². The fourth-order valence-electron chi connectivity index (χ4n) is 1.36. The Morgan fingerprint density at radius 1 is 1.50 bits per heavy atom. The molecule has 0 spiro atoms. The van der Waals surface area contributed by atoms with Crippen molar-refractivity contribution >= 4 is 11.6 Å². The summed E-state index contributed by atoms with van der Waals surface area (Å²) in [5, 5.41) is 10.0. The van der Waals surface area contributed by atoms with Gasteiger partial charge in [0.15, 0.2) is 0 Å². The molecule has 0 aliphatic rings. The Bertz CT molecular complexity index is 315. The molecule has 1 aromatic rings. The van der Waals surface area contributed by atoms with Crippen molar-refractivity contribution in [2.24, 2.45) is 5.73 Å². The number of phenols is 1. The van der Waals surface area contributed by atoms with Crippen LogP contribution in [0.1, 0.15) is 11.1 Å². The lowest BCUT2D eigenvalue weighted by molar-refractivity contribution is 0.184. The molecule has 0 aromatic heterocycles. The van der Waals surface area contributed by atoms with Gasteiger partial charge in [-0.15, -0.1) is 0 Å². The minimum atomic E-state index is 0.117. The van der Waals surface area contributed by atoms with E-state index in [1.54, 1.807) is 13.2 Å². The van der Waals surface area contributed by atoms with Crippen LogP contribution in [0.25, 0.3) is 0 Å². The maximum absolute atomic E-state index is 9.69. The zero-order chi connectivity index (χ0) is 10.6. The van der Waals surface area contributed by atoms with Gasteiger partial charge in [-0.2, -0.15) is 0 Å². The number of hydrogen-bond acceptors (Lipinski definition) is 3. The molecule has 78 valence electrons. The van der Waals surface area contributed by atoms with Gasteiger partial charge >= 0.3 is 0 Å². The molecule has 0 aliphatic carbocycles.